The molecule has 4 aromatic carbocycles. The molecule has 0 spiro atoms. The maximum Gasteiger partial charge on any atom is 0.411 e. The van der Waals surface area contributed by atoms with Crippen LogP contribution in [0.15, 0.2) is 126 Å². The second kappa shape index (κ2) is 18.3. The van der Waals surface area contributed by atoms with Gasteiger partial charge in [-0.25, -0.2) is 4.79 Å². The van der Waals surface area contributed by atoms with Crippen molar-refractivity contribution >= 4 is 6.09 Å². The highest BCUT2D eigenvalue weighted by molar-refractivity contribution is 5.70. The van der Waals surface area contributed by atoms with E-state index in [1.165, 1.54) is 0 Å². The summed E-state index contributed by atoms with van der Waals surface area (Å²) in [6.45, 7) is 6.63. The molecule has 0 N–H and O–H groups in total. The van der Waals surface area contributed by atoms with Crippen LogP contribution in [-0.4, -0.2) is 60.1 Å². The summed E-state index contributed by atoms with van der Waals surface area (Å²) in [6, 6.07) is 37.8. The second-order valence-electron chi connectivity index (χ2n) is 13.2. The third-order valence-corrected chi connectivity index (χ3v) is 8.31. The number of rotatable bonds is 16. The van der Waals surface area contributed by atoms with Crippen LogP contribution in [0.2, 0.25) is 0 Å². The summed E-state index contributed by atoms with van der Waals surface area (Å²) in [5.74, 6) is 0. The summed E-state index contributed by atoms with van der Waals surface area (Å²) >= 11 is 0. The van der Waals surface area contributed by atoms with E-state index in [-0.39, 0.29) is 33.0 Å². The number of ether oxygens (including phenoxy) is 5. The van der Waals surface area contributed by atoms with Crippen molar-refractivity contribution in [2.75, 3.05) is 13.2 Å². The second-order valence-corrected chi connectivity index (χ2v) is 13.2. The Morgan fingerprint density at radius 3 is 1.66 bits per heavy atom. The summed E-state index contributed by atoms with van der Waals surface area (Å²) in [6.07, 6.45) is -2.72. The van der Waals surface area contributed by atoms with Crippen LogP contribution in [0.5, 0.6) is 0 Å². The van der Waals surface area contributed by atoms with Crippen molar-refractivity contribution in [3.63, 3.8) is 0 Å². The highest BCUT2D eigenvalue weighted by atomic mass is 16.6. The number of azide groups is 1. The highest BCUT2D eigenvalue weighted by Gasteiger charge is 2.56. The molecule has 10 heteroatoms. The molecule has 50 heavy (non-hydrogen) atoms. The lowest BCUT2D eigenvalue weighted by atomic mass is 10.0. The third kappa shape index (κ3) is 10.6. The normalized spacial score (nSPS) is 19.5. The SMILES string of the molecule is CC(C)(C)OC(=O)N1[C@H]([C@@H](CN=[N+]=[N-])OCc2ccccc2)[C@@H](OCc2ccccc2)[C@H](OCc2ccccc2)[C@H]1COCc1ccccc1. The molecule has 0 aromatic heterocycles. The molecule has 0 bridgehead atoms. The zero-order valence-electron chi connectivity index (χ0n) is 28.9. The number of amides is 1. The molecule has 1 aliphatic rings. The van der Waals surface area contributed by atoms with E-state index in [0.29, 0.717) is 6.61 Å². The van der Waals surface area contributed by atoms with Gasteiger partial charge in [0.15, 0.2) is 0 Å². The van der Waals surface area contributed by atoms with Gasteiger partial charge in [-0.05, 0) is 48.6 Å². The molecule has 1 fully saturated rings. The minimum Gasteiger partial charge on any atom is -0.444 e. The van der Waals surface area contributed by atoms with E-state index in [2.05, 4.69) is 10.0 Å². The lowest BCUT2D eigenvalue weighted by Crippen LogP contribution is -2.54. The predicted molar refractivity (Wildman–Crippen MR) is 191 cm³/mol. The van der Waals surface area contributed by atoms with Crippen LogP contribution in [0, 0.1) is 0 Å². The number of carbonyl (C=O) groups excluding carboxylic acids is 1. The summed E-state index contributed by atoms with van der Waals surface area (Å²) in [4.78, 5) is 19.1. The Kier molecular flexibility index (Phi) is 13.4. The molecular weight excluding hydrogens is 632 g/mol. The van der Waals surface area contributed by atoms with Crippen molar-refractivity contribution in [1.82, 2.24) is 4.90 Å². The van der Waals surface area contributed by atoms with Crippen molar-refractivity contribution in [3.05, 3.63) is 154 Å². The van der Waals surface area contributed by atoms with Gasteiger partial charge in [-0.15, -0.1) is 0 Å². The largest absolute Gasteiger partial charge is 0.444 e. The molecule has 5 atom stereocenters. The van der Waals surface area contributed by atoms with Crippen molar-refractivity contribution in [1.29, 1.82) is 0 Å². The zero-order chi connectivity index (χ0) is 35.2. The molecule has 0 unspecified atom stereocenters. The number of benzene rings is 4. The van der Waals surface area contributed by atoms with Crippen LogP contribution in [0.1, 0.15) is 43.0 Å². The Morgan fingerprint density at radius 1 is 0.720 bits per heavy atom. The highest BCUT2D eigenvalue weighted by Crippen LogP contribution is 2.36. The Morgan fingerprint density at radius 2 is 1.18 bits per heavy atom. The molecule has 1 saturated heterocycles. The van der Waals surface area contributed by atoms with Gasteiger partial charge >= 0.3 is 6.09 Å². The number of nitrogens with zero attached hydrogens (tertiary/aromatic N) is 4. The molecule has 1 aliphatic heterocycles. The van der Waals surface area contributed by atoms with E-state index in [9.17, 15) is 10.3 Å². The van der Waals surface area contributed by atoms with Gasteiger partial charge in [0.2, 0.25) is 0 Å². The monoisotopic (exact) mass is 678 g/mol. The molecule has 262 valence electrons. The number of carbonyl (C=O) groups is 1. The summed E-state index contributed by atoms with van der Waals surface area (Å²) in [5.41, 5.74) is 12.5. The Labute approximate surface area is 294 Å². The molecular formula is C40H46N4O6. The van der Waals surface area contributed by atoms with Crippen LogP contribution in [0.3, 0.4) is 0 Å². The molecule has 0 saturated carbocycles. The smallest absolute Gasteiger partial charge is 0.411 e. The van der Waals surface area contributed by atoms with Crippen LogP contribution in [0.4, 0.5) is 4.79 Å². The van der Waals surface area contributed by atoms with Gasteiger partial charge < -0.3 is 23.7 Å². The van der Waals surface area contributed by atoms with E-state index in [0.717, 1.165) is 22.3 Å². The van der Waals surface area contributed by atoms with Crippen LogP contribution >= 0.6 is 0 Å². The number of hydrogen-bond acceptors (Lipinski definition) is 7. The van der Waals surface area contributed by atoms with Gasteiger partial charge in [-0.1, -0.05) is 126 Å². The van der Waals surface area contributed by atoms with Crippen molar-refractivity contribution < 1.29 is 28.5 Å². The topological polar surface area (TPSA) is 115 Å². The van der Waals surface area contributed by atoms with Crippen molar-refractivity contribution in [2.45, 2.75) is 83.2 Å². The van der Waals surface area contributed by atoms with E-state index >= 15 is 0 Å². The molecule has 1 heterocycles. The fourth-order valence-electron chi connectivity index (χ4n) is 6.05. The van der Waals surface area contributed by atoms with E-state index in [4.69, 9.17) is 23.7 Å². The molecule has 0 radical (unpaired) electrons. The van der Waals surface area contributed by atoms with E-state index < -0.39 is 42.1 Å². The molecule has 10 nitrogen and oxygen atoms in total. The Hall–Kier alpha value is -4.70. The van der Waals surface area contributed by atoms with Crippen LogP contribution in [0.25, 0.3) is 10.4 Å². The first-order valence-electron chi connectivity index (χ1n) is 16.9. The molecule has 1 amide bonds. The molecule has 5 rings (SSSR count). The average Bonchev–Trinajstić information content (AvgIpc) is 3.43. The van der Waals surface area contributed by atoms with Gasteiger partial charge in [0.05, 0.1) is 57.8 Å². The first-order valence-corrected chi connectivity index (χ1v) is 16.9. The predicted octanol–water partition coefficient (Wildman–Crippen LogP) is 8.26. The van der Waals surface area contributed by atoms with Gasteiger partial charge in [0.1, 0.15) is 17.8 Å². The fraction of sp³-hybridized carbons (Fsp3) is 0.375. The van der Waals surface area contributed by atoms with E-state index in [1.807, 2.05) is 142 Å². The first-order chi connectivity index (χ1) is 24.3. The minimum absolute atomic E-state index is 0.0541. The van der Waals surface area contributed by atoms with Gasteiger partial charge in [0.25, 0.3) is 0 Å². The average molecular weight is 679 g/mol. The lowest BCUT2D eigenvalue weighted by molar-refractivity contribution is -0.103. The third-order valence-electron chi connectivity index (χ3n) is 8.31. The lowest BCUT2D eigenvalue weighted by Gasteiger charge is -2.36. The minimum atomic E-state index is -0.800. The number of likely N-dealkylation sites (tertiary alicyclic amines) is 1. The fourth-order valence-corrected chi connectivity index (χ4v) is 6.05. The summed E-state index contributed by atoms with van der Waals surface area (Å²) in [7, 11) is 0. The van der Waals surface area contributed by atoms with Crippen molar-refractivity contribution in [3.8, 4) is 0 Å². The summed E-state index contributed by atoms with van der Waals surface area (Å²) in [5, 5.41) is 3.94. The molecule has 4 aromatic rings. The van der Waals surface area contributed by atoms with Gasteiger partial charge in [-0.2, -0.15) is 0 Å². The quantitative estimate of drug-likeness (QED) is 0.0670. The van der Waals surface area contributed by atoms with Crippen LogP contribution in [-0.2, 0) is 50.1 Å². The first kappa shape index (κ1) is 36.6. The maximum atomic E-state index is 14.4. The van der Waals surface area contributed by atoms with Gasteiger partial charge in [-0.3, -0.25) is 4.90 Å². The van der Waals surface area contributed by atoms with Crippen LogP contribution < -0.4 is 0 Å². The van der Waals surface area contributed by atoms with E-state index in [1.54, 1.807) is 4.90 Å². The summed E-state index contributed by atoms with van der Waals surface area (Å²) < 4.78 is 32.5. The maximum absolute atomic E-state index is 14.4. The number of hydrogen-bond donors (Lipinski definition) is 0. The Balaban J connectivity index is 1.56. The zero-order valence-corrected chi connectivity index (χ0v) is 28.9. The molecule has 0 aliphatic carbocycles. The van der Waals surface area contributed by atoms with Crippen molar-refractivity contribution in [2.24, 2.45) is 5.11 Å². The standard InChI is InChI=1S/C40H46N4O6/c1-40(2,3)50-39(45)44-34(29-46-25-30-16-8-4-9-17-30)37(48-27-32-20-12-6-13-21-32)38(49-28-33-22-14-7-15-23-33)36(44)35(24-42-43-41)47-26-31-18-10-5-11-19-31/h4-23,34-38H,24-29H2,1-3H3/t34-,35-,36-,37-,38-/m1/s1. The van der Waals surface area contributed by atoms with Gasteiger partial charge in [0, 0.05) is 4.91 Å². The Bertz CT molecular complexity index is 1630.